The number of nitrogens with one attached hydrogen (secondary N) is 1. The highest BCUT2D eigenvalue weighted by molar-refractivity contribution is 5.20. The number of rotatable bonds is 3. The minimum atomic E-state index is 0.225. The van der Waals surface area contributed by atoms with Gasteiger partial charge in [0.2, 0.25) is 0 Å². The fourth-order valence-corrected chi connectivity index (χ4v) is 3.09. The van der Waals surface area contributed by atoms with E-state index in [0.717, 1.165) is 19.6 Å². The molecule has 100 valence electrons. The second-order valence-corrected chi connectivity index (χ2v) is 6.28. The second kappa shape index (κ2) is 5.41. The third kappa shape index (κ3) is 2.76. The first-order valence-corrected chi connectivity index (χ1v) is 7.05. The van der Waals surface area contributed by atoms with E-state index in [4.69, 9.17) is 0 Å². The zero-order chi connectivity index (χ0) is 13.2. The zero-order valence-corrected chi connectivity index (χ0v) is 12.1. The molecule has 18 heavy (non-hydrogen) atoms. The molecule has 1 aliphatic rings. The highest BCUT2D eigenvalue weighted by Gasteiger charge is 2.36. The van der Waals surface area contributed by atoms with Crippen LogP contribution in [0.1, 0.15) is 39.3 Å². The Balaban J connectivity index is 2.30. The maximum absolute atomic E-state index is 3.51. The Morgan fingerprint density at radius 2 is 1.83 bits per heavy atom. The largest absolute Gasteiger partial charge is 0.314 e. The minimum absolute atomic E-state index is 0.225. The predicted molar refractivity (Wildman–Crippen MR) is 77.7 cm³/mol. The quantitative estimate of drug-likeness (QED) is 0.882. The molecule has 1 N–H and O–H groups in total. The lowest BCUT2D eigenvalue weighted by Crippen LogP contribution is -2.59. The monoisotopic (exact) mass is 246 g/mol. The molecule has 0 saturated carbocycles. The van der Waals surface area contributed by atoms with Gasteiger partial charge >= 0.3 is 0 Å². The van der Waals surface area contributed by atoms with Gasteiger partial charge in [0.15, 0.2) is 0 Å². The van der Waals surface area contributed by atoms with Gasteiger partial charge in [-0.2, -0.15) is 0 Å². The Morgan fingerprint density at radius 1 is 1.17 bits per heavy atom. The third-order valence-electron chi connectivity index (χ3n) is 3.97. The summed E-state index contributed by atoms with van der Waals surface area (Å²) in [4.78, 5) is 2.67. The summed E-state index contributed by atoms with van der Waals surface area (Å²) in [6.45, 7) is 12.6. The molecule has 0 amide bonds. The van der Waals surface area contributed by atoms with Gasteiger partial charge in [-0.25, -0.2) is 0 Å². The first-order chi connectivity index (χ1) is 8.52. The summed E-state index contributed by atoms with van der Waals surface area (Å²) in [7, 11) is 0. The van der Waals surface area contributed by atoms with Crippen molar-refractivity contribution >= 4 is 0 Å². The molecule has 1 atom stereocenters. The summed E-state index contributed by atoms with van der Waals surface area (Å²) < 4.78 is 0. The number of nitrogens with zero attached hydrogens (tertiary/aromatic N) is 1. The molecule has 1 heterocycles. The fourth-order valence-electron chi connectivity index (χ4n) is 3.09. The van der Waals surface area contributed by atoms with E-state index in [-0.39, 0.29) is 5.54 Å². The van der Waals surface area contributed by atoms with Gasteiger partial charge in [-0.05, 0) is 25.3 Å². The van der Waals surface area contributed by atoms with E-state index < -0.39 is 0 Å². The minimum Gasteiger partial charge on any atom is -0.314 e. The second-order valence-electron chi connectivity index (χ2n) is 6.28. The van der Waals surface area contributed by atoms with Gasteiger partial charge < -0.3 is 5.32 Å². The molecular formula is C16H26N2. The van der Waals surface area contributed by atoms with E-state index in [9.17, 15) is 0 Å². The molecule has 1 fully saturated rings. The highest BCUT2D eigenvalue weighted by Crippen LogP contribution is 2.34. The first kappa shape index (κ1) is 13.6. The van der Waals surface area contributed by atoms with E-state index in [1.165, 1.54) is 5.56 Å². The number of benzene rings is 1. The average molecular weight is 246 g/mol. The van der Waals surface area contributed by atoms with Gasteiger partial charge in [-0.3, -0.25) is 4.90 Å². The Labute approximate surface area is 111 Å². The van der Waals surface area contributed by atoms with Crippen molar-refractivity contribution in [3.05, 3.63) is 35.9 Å². The van der Waals surface area contributed by atoms with E-state index in [1.54, 1.807) is 0 Å². The summed E-state index contributed by atoms with van der Waals surface area (Å²) >= 11 is 0. The average Bonchev–Trinajstić information content (AvgIpc) is 2.32. The molecule has 2 rings (SSSR count). The van der Waals surface area contributed by atoms with E-state index in [0.29, 0.717) is 12.0 Å². The van der Waals surface area contributed by atoms with Crippen molar-refractivity contribution in [1.29, 1.82) is 0 Å². The summed E-state index contributed by atoms with van der Waals surface area (Å²) in [5.41, 5.74) is 1.67. The molecule has 1 aromatic rings. The molecule has 0 aromatic heterocycles. The van der Waals surface area contributed by atoms with Crippen LogP contribution in [0.3, 0.4) is 0 Å². The van der Waals surface area contributed by atoms with Crippen molar-refractivity contribution < 1.29 is 0 Å². The molecule has 1 aliphatic heterocycles. The molecule has 0 spiro atoms. The van der Waals surface area contributed by atoms with Gasteiger partial charge in [-0.1, -0.05) is 44.2 Å². The van der Waals surface area contributed by atoms with Crippen LogP contribution in [0.15, 0.2) is 30.3 Å². The highest BCUT2D eigenvalue weighted by atomic mass is 15.3. The topological polar surface area (TPSA) is 15.3 Å². The van der Waals surface area contributed by atoms with Crippen molar-refractivity contribution in [2.45, 2.75) is 39.3 Å². The normalized spacial score (nSPS) is 22.1. The van der Waals surface area contributed by atoms with Crippen molar-refractivity contribution in [2.75, 3.05) is 19.6 Å². The standard InChI is InChI=1S/C16H26N2/c1-13(2)15(14-8-6-5-7-9-14)18-11-10-17-12-16(18,3)4/h5-9,13,15,17H,10-12H2,1-4H3. The summed E-state index contributed by atoms with van der Waals surface area (Å²) in [6, 6.07) is 11.5. The zero-order valence-electron chi connectivity index (χ0n) is 12.1. The molecular weight excluding hydrogens is 220 g/mol. The van der Waals surface area contributed by atoms with Crippen LogP contribution in [0.25, 0.3) is 0 Å². The smallest absolute Gasteiger partial charge is 0.0377 e. The Kier molecular flexibility index (Phi) is 4.08. The van der Waals surface area contributed by atoms with Crippen LogP contribution in [-0.2, 0) is 0 Å². The van der Waals surface area contributed by atoms with Crippen LogP contribution < -0.4 is 5.32 Å². The Bertz CT molecular complexity index is 370. The summed E-state index contributed by atoms with van der Waals surface area (Å²) in [6.07, 6.45) is 0. The van der Waals surface area contributed by atoms with Gasteiger partial charge in [0, 0.05) is 31.2 Å². The maximum atomic E-state index is 3.51. The van der Waals surface area contributed by atoms with Crippen LogP contribution in [0, 0.1) is 5.92 Å². The summed E-state index contributed by atoms with van der Waals surface area (Å²) in [5.74, 6) is 0.629. The number of piperazine rings is 1. The molecule has 0 radical (unpaired) electrons. The van der Waals surface area contributed by atoms with Crippen molar-refractivity contribution in [3.63, 3.8) is 0 Å². The lowest BCUT2D eigenvalue weighted by molar-refractivity contribution is 0.0237. The Morgan fingerprint density at radius 3 is 2.39 bits per heavy atom. The SMILES string of the molecule is CC(C)C(c1ccccc1)N1CCNCC1(C)C. The van der Waals surface area contributed by atoms with Crippen molar-refractivity contribution in [1.82, 2.24) is 10.2 Å². The molecule has 2 heteroatoms. The molecule has 0 bridgehead atoms. The number of hydrogen-bond donors (Lipinski definition) is 1. The van der Waals surface area contributed by atoms with Gasteiger partial charge in [-0.15, -0.1) is 0 Å². The maximum Gasteiger partial charge on any atom is 0.0377 e. The fraction of sp³-hybridized carbons (Fsp3) is 0.625. The number of hydrogen-bond acceptors (Lipinski definition) is 2. The lowest BCUT2D eigenvalue weighted by Gasteiger charge is -2.48. The third-order valence-corrected chi connectivity index (χ3v) is 3.97. The van der Waals surface area contributed by atoms with Crippen LogP contribution in [0.5, 0.6) is 0 Å². The van der Waals surface area contributed by atoms with E-state index in [2.05, 4.69) is 68.2 Å². The molecule has 1 unspecified atom stereocenters. The van der Waals surface area contributed by atoms with Crippen LogP contribution in [-0.4, -0.2) is 30.1 Å². The van der Waals surface area contributed by atoms with Crippen molar-refractivity contribution in [2.24, 2.45) is 5.92 Å². The molecule has 1 saturated heterocycles. The molecule has 0 aliphatic carbocycles. The lowest BCUT2D eigenvalue weighted by atomic mass is 9.88. The molecule has 2 nitrogen and oxygen atoms in total. The van der Waals surface area contributed by atoms with E-state index >= 15 is 0 Å². The summed E-state index contributed by atoms with van der Waals surface area (Å²) in [5, 5.41) is 3.51. The van der Waals surface area contributed by atoms with Crippen LogP contribution in [0.4, 0.5) is 0 Å². The first-order valence-electron chi connectivity index (χ1n) is 7.05. The Hall–Kier alpha value is -0.860. The molecule has 1 aromatic carbocycles. The van der Waals surface area contributed by atoms with Gasteiger partial charge in [0.25, 0.3) is 0 Å². The predicted octanol–water partition coefficient (Wildman–Crippen LogP) is 3.07. The van der Waals surface area contributed by atoms with E-state index in [1.807, 2.05) is 0 Å². The van der Waals surface area contributed by atoms with Gasteiger partial charge in [0.05, 0.1) is 0 Å². The van der Waals surface area contributed by atoms with Crippen LogP contribution in [0.2, 0.25) is 0 Å². The van der Waals surface area contributed by atoms with Crippen LogP contribution >= 0.6 is 0 Å². The van der Waals surface area contributed by atoms with Gasteiger partial charge in [0.1, 0.15) is 0 Å². The van der Waals surface area contributed by atoms with Crippen molar-refractivity contribution in [3.8, 4) is 0 Å².